The maximum absolute atomic E-state index is 11.8. The first-order valence-corrected chi connectivity index (χ1v) is 6.10. The molecular formula is C13H13BrN2O. The van der Waals surface area contributed by atoms with Crippen LogP contribution in [-0.2, 0) is 6.54 Å². The molecule has 88 valence electrons. The molecule has 0 aliphatic rings. The van der Waals surface area contributed by atoms with Crippen LogP contribution < -0.4 is 11.3 Å². The standard InChI is InChI=1S/C13H13BrN2O/c1-8-4-2-3-5-10(8)12-11(14)6-9(7-15)13(17)16-12/h2-6H,7,15H2,1H3,(H,16,17). The van der Waals surface area contributed by atoms with Gasteiger partial charge in [0.2, 0.25) is 0 Å². The summed E-state index contributed by atoms with van der Waals surface area (Å²) in [4.78, 5) is 14.6. The van der Waals surface area contributed by atoms with Gasteiger partial charge in [0.1, 0.15) is 0 Å². The van der Waals surface area contributed by atoms with E-state index in [1.807, 2.05) is 31.2 Å². The van der Waals surface area contributed by atoms with Crippen molar-refractivity contribution < 1.29 is 0 Å². The zero-order valence-corrected chi connectivity index (χ0v) is 11.0. The first kappa shape index (κ1) is 12.1. The van der Waals surface area contributed by atoms with Crippen LogP contribution in [0.4, 0.5) is 0 Å². The van der Waals surface area contributed by atoms with Crippen LogP contribution in [0.1, 0.15) is 11.1 Å². The van der Waals surface area contributed by atoms with Gasteiger partial charge in [0.15, 0.2) is 0 Å². The van der Waals surface area contributed by atoms with Crippen LogP contribution in [0.2, 0.25) is 0 Å². The monoisotopic (exact) mass is 292 g/mol. The lowest BCUT2D eigenvalue weighted by molar-refractivity contribution is 1.01. The molecule has 0 spiro atoms. The Balaban J connectivity index is 2.65. The average molecular weight is 293 g/mol. The first-order chi connectivity index (χ1) is 8.13. The predicted octanol–water partition coefficient (Wildman–Crippen LogP) is 2.57. The van der Waals surface area contributed by atoms with E-state index < -0.39 is 0 Å². The molecule has 0 amide bonds. The molecule has 3 nitrogen and oxygen atoms in total. The highest BCUT2D eigenvalue weighted by molar-refractivity contribution is 9.10. The molecule has 2 aromatic rings. The Morgan fingerprint density at radius 1 is 1.35 bits per heavy atom. The second-order valence-corrected chi connectivity index (χ2v) is 4.72. The fourth-order valence-electron chi connectivity index (χ4n) is 1.75. The summed E-state index contributed by atoms with van der Waals surface area (Å²) in [6.45, 7) is 2.25. The van der Waals surface area contributed by atoms with Crippen LogP contribution in [0.5, 0.6) is 0 Å². The zero-order chi connectivity index (χ0) is 12.4. The maximum Gasteiger partial charge on any atom is 0.252 e. The Bertz CT molecular complexity index is 605. The largest absolute Gasteiger partial charge is 0.326 e. The number of aromatic amines is 1. The van der Waals surface area contributed by atoms with Crippen LogP contribution >= 0.6 is 15.9 Å². The number of rotatable bonds is 2. The molecule has 0 saturated heterocycles. The van der Waals surface area contributed by atoms with E-state index >= 15 is 0 Å². The van der Waals surface area contributed by atoms with Gasteiger partial charge in [-0.25, -0.2) is 0 Å². The Labute approximate surface area is 108 Å². The summed E-state index contributed by atoms with van der Waals surface area (Å²) in [5.74, 6) is 0. The Morgan fingerprint density at radius 2 is 2.06 bits per heavy atom. The first-order valence-electron chi connectivity index (χ1n) is 5.31. The lowest BCUT2D eigenvalue weighted by Gasteiger charge is -2.09. The summed E-state index contributed by atoms with van der Waals surface area (Å²) in [5.41, 5.74) is 8.87. The molecule has 0 saturated carbocycles. The van der Waals surface area contributed by atoms with Gasteiger partial charge in [0.05, 0.1) is 5.69 Å². The number of benzene rings is 1. The minimum Gasteiger partial charge on any atom is -0.326 e. The topological polar surface area (TPSA) is 58.9 Å². The van der Waals surface area contributed by atoms with Crippen molar-refractivity contribution in [2.45, 2.75) is 13.5 Å². The molecule has 4 heteroatoms. The predicted molar refractivity (Wildman–Crippen MR) is 72.8 cm³/mol. The highest BCUT2D eigenvalue weighted by atomic mass is 79.9. The van der Waals surface area contributed by atoms with Crippen LogP contribution in [0.3, 0.4) is 0 Å². The quantitative estimate of drug-likeness (QED) is 0.894. The van der Waals surface area contributed by atoms with Crippen LogP contribution in [0.25, 0.3) is 11.3 Å². The molecule has 0 atom stereocenters. The second-order valence-electron chi connectivity index (χ2n) is 3.87. The molecular weight excluding hydrogens is 280 g/mol. The number of halogens is 1. The van der Waals surface area contributed by atoms with E-state index in [2.05, 4.69) is 20.9 Å². The van der Waals surface area contributed by atoms with Crippen LogP contribution in [-0.4, -0.2) is 4.98 Å². The summed E-state index contributed by atoms with van der Waals surface area (Å²) in [6, 6.07) is 9.69. The molecule has 0 aliphatic heterocycles. The molecule has 17 heavy (non-hydrogen) atoms. The molecule has 0 radical (unpaired) electrons. The van der Waals surface area contributed by atoms with Crippen molar-refractivity contribution in [2.75, 3.05) is 0 Å². The van der Waals surface area contributed by atoms with Crippen molar-refractivity contribution in [3.05, 3.63) is 56.3 Å². The number of hydrogen-bond acceptors (Lipinski definition) is 2. The molecule has 0 aliphatic carbocycles. The third-order valence-corrected chi connectivity index (χ3v) is 3.33. The highest BCUT2D eigenvalue weighted by Crippen LogP contribution is 2.27. The molecule has 1 heterocycles. The van der Waals surface area contributed by atoms with Crippen LogP contribution in [0.15, 0.2) is 39.6 Å². The van der Waals surface area contributed by atoms with E-state index in [0.29, 0.717) is 5.56 Å². The number of aromatic nitrogens is 1. The number of nitrogens with two attached hydrogens (primary N) is 1. The summed E-state index contributed by atoms with van der Waals surface area (Å²) >= 11 is 3.47. The molecule has 0 bridgehead atoms. The summed E-state index contributed by atoms with van der Waals surface area (Å²) in [7, 11) is 0. The molecule has 1 aromatic carbocycles. The van der Waals surface area contributed by atoms with E-state index in [0.717, 1.165) is 21.3 Å². The average Bonchev–Trinajstić information content (AvgIpc) is 2.32. The smallest absolute Gasteiger partial charge is 0.252 e. The third kappa shape index (κ3) is 2.33. The number of H-pyrrole nitrogens is 1. The van der Waals surface area contributed by atoms with E-state index in [9.17, 15) is 4.79 Å². The van der Waals surface area contributed by atoms with Crippen molar-refractivity contribution in [1.29, 1.82) is 0 Å². The Morgan fingerprint density at radius 3 is 2.71 bits per heavy atom. The lowest BCUT2D eigenvalue weighted by atomic mass is 10.0. The summed E-state index contributed by atoms with van der Waals surface area (Å²) in [5, 5.41) is 0. The molecule has 3 N–H and O–H groups in total. The van der Waals surface area contributed by atoms with Gasteiger partial charge in [-0.3, -0.25) is 4.79 Å². The van der Waals surface area contributed by atoms with Gasteiger partial charge in [0.25, 0.3) is 5.56 Å². The molecule has 1 aromatic heterocycles. The van der Waals surface area contributed by atoms with Gasteiger partial charge in [-0.1, -0.05) is 24.3 Å². The number of nitrogens with one attached hydrogen (secondary N) is 1. The van der Waals surface area contributed by atoms with Gasteiger partial charge in [0, 0.05) is 22.1 Å². The lowest BCUT2D eigenvalue weighted by Crippen LogP contribution is -2.16. The van der Waals surface area contributed by atoms with E-state index in [1.165, 1.54) is 0 Å². The van der Waals surface area contributed by atoms with Gasteiger partial charge >= 0.3 is 0 Å². The normalized spacial score (nSPS) is 10.5. The van der Waals surface area contributed by atoms with E-state index in [-0.39, 0.29) is 12.1 Å². The van der Waals surface area contributed by atoms with Crippen molar-refractivity contribution >= 4 is 15.9 Å². The van der Waals surface area contributed by atoms with E-state index in [4.69, 9.17) is 5.73 Å². The van der Waals surface area contributed by atoms with Crippen molar-refractivity contribution in [2.24, 2.45) is 5.73 Å². The van der Waals surface area contributed by atoms with Gasteiger partial charge in [-0.15, -0.1) is 0 Å². The third-order valence-electron chi connectivity index (χ3n) is 2.70. The summed E-state index contributed by atoms with van der Waals surface area (Å²) in [6.07, 6.45) is 0. The summed E-state index contributed by atoms with van der Waals surface area (Å²) < 4.78 is 0.854. The molecule has 2 rings (SSSR count). The van der Waals surface area contributed by atoms with Crippen molar-refractivity contribution in [3.8, 4) is 11.3 Å². The highest BCUT2D eigenvalue weighted by Gasteiger charge is 2.09. The SMILES string of the molecule is Cc1ccccc1-c1[nH]c(=O)c(CN)cc1Br. The number of hydrogen-bond donors (Lipinski definition) is 2. The molecule has 0 unspecified atom stereocenters. The Hall–Kier alpha value is -1.39. The molecule has 0 fully saturated rings. The van der Waals surface area contributed by atoms with Gasteiger partial charge in [-0.05, 0) is 34.5 Å². The Kier molecular flexibility index (Phi) is 3.45. The van der Waals surface area contributed by atoms with Crippen molar-refractivity contribution in [3.63, 3.8) is 0 Å². The van der Waals surface area contributed by atoms with Gasteiger partial charge in [-0.2, -0.15) is 0 Å². The minimum absolute atomic E-state index is 0.131. The van der Waals surface area contributed by atoms with Crippen LogP contribution in [0, 0.1) is 6.92 Å². The van der Waals surface area contributed by atoms with Gasteiger partial charge < -0.3 is 10.7 Å². The van der Waals surface area contributed by atoms with E-state index in [1.54, 1.807) is 6.07 Å². The second kappa shape index (κ2) is 4.85. The fourth-order valence-corrected chi connectivity index (χ4v) is 2.33. The maximum atomic E-state index is 11.8. The van der Waals surface area contributed by atoms with Crippen molar-refractivity contribution in [1.82, 2.24) is 4.98 Å². The number of aryl methyl sites for hydroxylation is 1. The fraction of sp³-hybridized carbons (Fsp3) is 0.154. The minimum atomic E-state index is -0.131. The zero-order valence-electron chi connectivity index (χ0n) is 9.46. The number of pyridine rings is 1.